The third-order valence-corrected chi connectivity index (χ3v) is 7.44. The van der Waals surface area contributed by atoms with Gasteiger partial charge in [-0.3, -0.25) is 14.5 Å². The van der Waals surface area contributed by atoms with Crippen molar-refractivity contribution < 1.29 is 19.4 Å². The summed E-state index contributed by atoms with van der Waals surface area (Å²) in [5, 5.41) is 15.4. The summed E-state index contributed by atoms with van der Waals surface area (Å²) in [5.74, 6) is 0.0251. The molecule has 0 spiro atoms. The Hall–Kier alpha value is -4.40. The molecule has 210 valence electrons. The predicted molar refractivity (Wildman–Crippen MR) is 161 cm³/mol. The molecule has 1 aliphatic rings. The lowest BCUT2D eigenvalue weighted by atomic mass is 10.0. The van der Waals surface area contributed by atoms with Gasteiger partial charge in [-0.15, -0.1) is 0 Å². The molecule has 5 rings (SSSR count). The van der Waals surface area contributed by atoms with Crippen LogP contribution >= 0.6 is 11.6 Å². The maximum Gasteiger partial charge on any atom is 0.271 e. The van der Waals surface area contributed by atoms with Crippen molar-refractivity contribution in [1.82, 2.24) is 15.2 Å². The van der Waals surface area contributed by atoms with Gasteiger partial charge in [0, 0.05) is 49.2 Å². The lowest BCUT2D eigenvalue weighted by Gasteiger charge is -2.34. The van der Waals surface area contributed by atoms with Crippen molar-refractivity contribution in [2.45, 2.75) is 6.42 Å². The third kappa shape index (κ3) is 7.22. The minimum Gasteiger partial charge on any atom is -0.506 e. The van der Waals surface area contributed by atoms with Crippen LogP contribution in [0, 0.1) is 0 Å². The minimum absolute atomic E-state index is 0.0283. The number of benzene rings is 4. The molecular weight excluding hydrogens is 540 g/mol. The number of fused-ring (bicyclic) bond motifs is 1. The van der Waals surface area contributed by atoms with Gasteiger partial charge in [-0.1, -0.05) is 66.2 Å². The second-order valence-corrected chi connectivity index (χ2v) is 10.2. The number of halogens is 1. The fraction of sp³-hybridized carbons (Fsp3) is 0.219. The van der Waals surface area contributed by atoms with Gasteiger partial charge in [-0.25, -0.2) is 5.43 Å². The van der Waals surface area contributed by atoms with Crippen LogP contribution in [-0.4, -0.2) is 72.3 Å². The average Bonchev–Trinajstić information content (AvgIpc) is 3.01. The van der Waals surface area contributed by atoms with Gasteiger partial charge in [0.1, 0.15) is 11.5 Å². The molecule has 0 atom stereocenters. The van der Waals surface area contributed by atoms with Gasteiger partial charge in [0.2, 0.25) is 0 Å². The Kier molecular flexibility index (Phi) is 9.13. The molecule has 8 nitrogen and oxygen atoms in total. The Bertz CT molecular complexity index is 1550. The van der Waals surface area contributed by atoms with E-state index in [0.717, 1.165) is 42.4 Å². The number of hydrogen-bond donors (Lipinski definition) is 2. The molecule has 4 aromatic carbocycles. The number of carbonyl (C=O) groups excluding carboxylic acids is 2. The minimum atomic E-state index is -0.456. The van der Waals surface area contributed by atoms with Gasteiger partial charge in [0.25, 0.3) is 11.8 Å². The molecular formula is C32H31ClN4O4. The first-order valence-corrected chi connectivity index (χ1v) is 13.9. The smallest absolute Gasteiger partial charge is 0.271 e. The third-order valence-electron chi connectivity index (χ3n) is 7.13. The Balaban J connectivity index is 1.15. The first-order valence-electron chi connectivity index (χ1n) is 13.5. The Labute approximate surface area is 243 Å². The van der Waals surface area contributed by atoms with Crippen LogP contribution in [0.25, 0.3) is 10.8 Å². The van der Waals surface area contributed by atoms with Crippen LogP contribution in [0.3, 0.4) is 0 Å². The van der Waals surface area contributed by atoms with E-state index in [1.165, 1.54) is 23.8 Å². The largest absolute Gasteiger partial charge is 0.506 e. The number of hydrogen-bond acceptors (Lipinski definition) is 6. The van der Waals surface area contributed by atoms with E-state index in [-0.39, 0.29) is 28.8 Å². The average molecular weight is 571 g/mol. The molecule has 0 bridgehead atoms. The second-order valence-electron chi connectivity index (χ2n) is 9.81. The molecule has 4 aromatic rings. The first-order chi connectivity index (χ1) is 20.0. The van der Waals surface area contributed by atoms with Crippen molar-refractivity contribution >= 4 is 40.4 Å². The highest BCUT2D eigenvalue weighted by atomic mass is 35.5. The van der Waals surface area contributed by atoms with Crippen molar-refractivity contribution in [2.24, 2.45) is 5.10 Å². The molecule has 0 radical (unpaired) electrons. The number of hydrazone groups is 1. The number of rotatable bonds is 9. The number of amides is 2. The number of piperazine rings is 1. The lowest BCUT2D eigenvalue weighted by Crippen LogP contribution is -2.50. The van der Waals surface area contributed by atoms with Gasteiger partial charge in [0.15, 0.2) is 6.61 Å². The molecule has 0 unspecified atom stereocenters. The Morgan fingerprint density at radius 1 is 0.927 bits per heavy atom. The highest BCUT2D eigenvalue weighted by Crippen LogP contribution is 2.28. The quantitative estimate of drug-likeness (QED) is 0.224. The van der Waals surface area contributed by atoms with E-state index < -0.39 is 5.91 Å². The Morgan fingerprint density at radius 3 is 2.41 bits per heavy atom. The first kappa shape index (κ1) is 28.1. The van der Waals surface area contributed by atoms with Gasteiger partial charge >= 0.3 is 0 Å². The number of nitrogens with one attached hydrogen (secondary N) is 1. The summed E-state index contributed by atoms with van der Waals surface area (Å²) in [4.78, 5) is 29.6. The predicted octanol–water partition coefficient (Wildman–Crippen LogP) is 4.73. The van der Waals surface area contributed by atoms with Crippen LogP contribution < -0.4 is 10.2 Å². The van der Waals surface area contributed by atoms with Crippen molar-refractivity contribution in [3.63, 3.8) is 0 Å². The highest BCUT2D eigenvalue weighted by molar-refractivity contribution is 6.32. The van der Waals surface area contributed by atoms with E-state index in [1.807, 2.05) is 41.3 Å². The van der Waals surface area contributed by atoms with Crippen molar-refractivity contribution in [3.05, 3.63) is 107 Å². The van der Waals surface area contributed by atoms with Gasteiger partial charge in [0.05, 0.1) is 11.2 Å². The summed E-state index contributed by atoms with van der Waals surface area (Å²) in [6.07, 6.45) is 2.56. The van der Waals surface area contributed by atoms with Crippen LogP contribution in [0.5, 0.6) is 11.5 Å². The fourth-order valence-corrected chi connectivity index (χ4v) is 4.97. The van der Waals surface area contributed by atoms with Crippen molar-refractivity contribution in [1.29, 1.82) is 0 Å². The summed E-state index contributed by atoms with van der Waals surface area (Å²) in [6.45, 7) is 4.04. The molecule has 41 heavy (non-hydrogen) atoms. The summed E-state index contributed by atoms with van der Waals surface area (Å²) >= 11 is 5.89. The lowest BCUT2D eigenvalue weighted by molar-refractivity contribution is -0.135. The van der Waals surface area contributed by atoms with E-state index in [9.17, 15) is 14.7 Å². The van der Waals surface area contributed by atoms with E-state index in [0.29, 0.717) is 18.8 Å². The molecule has 0 saturated carbocycles. The topological polar surface area (TPSA) is 94.5 Å². The molecule has 2 amide bonds. The SMILES string of the molecule is O=C(N/N=C/c1ccc(OCC(=O)N2CCN(CCc3ccccc3)CC2)c2ccccc12)c1ccc(O)c(Cl)c1. The molecule has 0 aliphatic carbocycles. The van der Waals surface area contributed by atoms with Crippen LogP contribution in [0.4, 0.5) is 0 Å². The van der Waals surface area contributed by atoms with Crippen LogP contribution in [0.2, 0.25) is 5.02 Å². The van der Waals surface area contributed by atoms with Crippen LogP contribution in [-0.2, 0) is 11.2 Å². The zero-order chi connectivity index (χ0) is 28.6. The van der Waals surface area contributed by atoms with Crippen LogP contribution in [0.1, 0.15) is 21.5 Å². The number of aromatic hydroxyl groups is 1. The van der Waals surface area contributed by atoms with E-state index >= 15 is 0 Å². The van der Waals surface area contributed by atoms with E-state index in [2.05, 4.69) is 39.7 Å². The fourth-order valence-electron chi connectivity index (χ4n) is 4.79. The number of ether oxygens (including phenoxy) is 1. The second kappa shape index (κ2) is 13.3. The maximum atomic E-state index is 12.9. The van der Waals surface area contributed by atoms with Gasteiger partial charge < -0.3 is 14.7 Å². The molecule has 9 heteroatoms. The summed E-state index contributed by atoms with van der Waals surface area (Å²) < 4.78 is 5.99. The maximum absolute atomic E-state index is 12.9. The van der Waals surface area contributed by atoms with Gasteiger partial charge in [-0.05, 0) is 47.7 Å². The van der Waals surface area contributed by atoms with E-state index in [4.69, 9.17) is 16.3 Å². The Morgan fingerprint density at radius 2 is 1.66 bits per heavy atom. The number of carbonyl (C=O) groups is 2. The molecule has 1 aliphatic heterocycles. The van der Waals surface area contributed by atoms with Gasteiger partial charge in [-0.2, -0.15) is 5.10 Å². The number of phenols is 1. The zero-order valence-electron chi connectivity index (χ0n) is 22.5. The molecule has 2 N–H and O–H groups in total. The monoisotopic (exact) mass is 570 g/mol. The standard InChI is InChI=1S/C32H31ClN4O4/c33-28-20-24(10-12-29(28)38)32(40)35-34-21-25-11-13-30(27-9-5-4-8-26(25)27)41-22-31(39)37-18-16-36(17-19-37)15-14-23-6-2-1-3-7-23/h1-13,20-21,38H,14-19,22H2,(H,35,40)/b34-21+. The summed E-state index contributed by atoms with van der Waals surface area (Å²) in [7, 11) is 0. The normalized spacial score (nSPS) is 13.9. The van der Waals surface area contributed by atoms with Crippen LogP contribution in [0.15, 0.2) is 90.0 Å². The summed E-state index contributed by atoms with van der Waals surface area (Å²) in [6, 6.07) is 25.9. The zero-order valence-corrected chi connectivity index (χ0v) is 23.3. The number of phenolic OH excluding ortho intramolecular Hbond substituents is 1. The highest BCUT2D eigenvalue weighted by Gasteiger charge is 2.21. The molecule has 1 fully saturated rings. The molecule has 1 saturated heterocycles. The summed E-state index contributed by atoms with van der Waals surface area (Å²) in [5.41, 5.74) is 4.85. The van der Waals surface area contributed by atoms with Crippen molar-refractivity contribution in [3.8, 4) is 11.5 Å². The molecule has 1 heterocycles. The van der Waals surface area contributed by atoms with E-state index in [1.54, 1.807) is 12.3 Å². The number of nitrogens with zero attached hydrogens (tertiary/aromatic N) is 3. The van der Waals surface area contributed by atoms with Crippen molar-refractivity contribution in [2.75, 3.05) is 39.3 Å². The molecule has 0 aromatic heterocycles.